The minimum Gasteiger partial charge on any atom is -0.445 e. The Kier molecular flexibility index (Phi) is 6.81. The van der Waals surface area contributed by atoms with E-state index < -0.39 is 22.0 Å². The van der Waals surface area contributed by atoms with Crippen LogP contribution in [-0.4, -0.2) is 56.5 Å². The summed E-state index contributed by atoms with van der Waals surface area (Å²) >= 11 is 0. The van der Waals surface area contributed by atoms with Crippen LogP contribution in [0.3, 0.4) is 0 Å². The number of carbonyl (C=O) groups excluding carboxylic acids is 2. The van der Waals surface area contributed by atoms with Gasteiger partial charge < -0.3 is 15.0 Å². The molecule has 138 valence electrons. The molecule has 0 radical (unpaired) electrons. The molecule has 1 N–H and O–H groups in total. The predicted octanol–water partition coefficient (Wildman–Crippen LogP) is 1.34. The smallest absolute Gasteiger partial charge is 0.408 e. The monoisotopic (exact) mass is 368 g/mol. The van der Waals surface area contributed by atoms with Gasteiger partial charge in [0.25, 0.3) is 0 Å². The van der Waals surface area contributed by atoms with Crippen molar-refractivity contribution in [2.45, 2.75) is 31.9 Å². The van der Waals surface area contributed by atoms with Crippen LogP contribution >= 0.6 is 0 Å². The molecule has 1 fully saturated rings. The van der Waals surface area contributed by atoms with E-state index in [0.29, 0.717) is 13.1 Å². The number of benzene rings is 1. The molecule has 1 aliphatic rings. The van der Waals surface area contributed by atoms with Crippen molar-refractivity contribution < 1.29 is 22.7 Å². The molecule has 25 heavy (non-hydrogen) atoms. The molecule has 0 aliphatic carbocycles. The van der Waals surface area contributed by atoms with Crippen molar-refractivity contribution in [3.05, 3.63) is 35.9 Å². The molecule has 1 heterocycles. The number of nitrogens with one attached hydrogen (secondary N) is 1. The van der Waals surface area contributed by atoms with E-state index in [9.17, 15) is 18.0 Å². The lowest BCUT2D eigenvalue weighted by Crippen LogP contribution is -2.48. The first-order valence-electron chi connectivity index (χ1n) is 8.29. The summed E-state index contributed by atoms with van der Waals surface area (Å²) in [5.74, 6) is -0.422. The topological polar surface area (TPSA) is 92.8 Å². The van der Waals surface area contributed by atoms with Crippen LogP contribution in [0.2, 0.25) is 0 Å². The molecular formula is C17H24N2O5S. The zero-order valence-corrected chi connectivity index (χ0v) is 15.1. The van der Waals surface area contributed by atoms with Gasteiger partial charge in [0.15, 0.2) is 0 Å². The number of nitrogens with zero attached hydrogens (tertiary/aromatic N) is 1. The van der Waals surface area contributed by atoms with Gasteiger partial charge in [-0.2, -0.15) is 0 Å². The summed E-state index contributed by atoms with van der Waals surface area (Å²) in [4.78, 5) is 26.2. The lowest BCUT2D eigenvalue weighted by molar-refractivity contribution is -0.132. The van der Waals surface area contributed by atoms with Gasteiger partial charge in [-0.15, -0.1) is 0 Å². The summed E-state index contributed by atoms with van der Waals surface area (Å²) in [5.41, 5.74) is 0.830. The van der Waals surface area contributed by atoms with Gasteiger partial charge in [-0.3, -0.25) is 4.79 Å². The van der Waals surface area contributed by atoms with Crippen molar-refractivity contribution in [1.29, 1.82) is 0 Å². The van der Waals surface area contributed by atoms with E-state index in [1.54, 1.807) is 4.90 Å². The second kappa shape index (κ2) is 8.84. The number of rotatable bonds is 7. The van der Waals surface area contributed by atoms with E-state index in [4.69, 9.17) is 4.74 Å². The standard InChI is InChI=1S/C17H24N2O5S/c1-25(22,23)12-9-15(16(20)19-10-5-6-11-19)18-17(21)24-13-14-7-3-2-4-8-14/h2-4,7-8,15H,5-6,9-13H2,1H3,(H,18,21)/t15-/m0/s1. The Labute approximate surface area is 148 Å². The van der Waals surface area contributed by atoms with Crippen molar-refractivity contribution in [1.82, 2.24) is 10.2 Å². The molecule has 0 saturated carbocycles. The minimum atomic E-state index is -3.23. The second-order valence-electron chi connectivity index (χ2n) is 6.21. The zero-order chi connectivity index (χ0) is 18.3. The van der Waals surface area contributed by atoms with Crippen molar-refractivity contribution in [2.24, 2.45) is 0 Å². The molecule has 0 bridgehead atoms. The second-order valence-corrected chi connectivity index (χ2v) is 8.47. The highest BCUT2D eigenvalue weighted by atomic mass is 32.2. The lowest BCUT2D eigenvalue weighted by Gasteiger charge is -2.23. The maximum atomic E-state index is 12.5. The summed E-state index contributed by atoms with van der Waals surface area (Å²) in [5, 5.41) is 2.52. The molecule has 1 saturated heterocycles. The summed E-state index contributed by atoms with van der Waals surface area (Å²) in [6, 6.07) is 8.29. The van der Waals surface area contributed by atoms with Gasteiger partial charge >= 0.3 is 6.09 Å². The number of sulfone groups is 1. The molecule has 1 aromatic carbocycles. The van der Waals surface area contributed by atoms with E-state index in [0.717, 1.165) is 24.7 Å². The van der Waals surface area contributed by atoms with Crippen molar-refractivity contribution in [2.75, 3.05) is 25.1 Å². The van der Waals surface area contributed by atoms with Crippen LogP contribution in [0.25, 0.3) is 0 Å². The van der Waals surface area contributed by atoms with E-state index in [1.165, 1.54) is 0 Å². The van der Waals surface area contributed by atoms with Crippen LogP contribution in [0.4, 0.5) is 4.79 Å². The van der Waals surface area contributed by atoms with E-state index in [-0.39, 0.29) is 24.7 Å². The molecule has 1 aliphatic heterocycles. The third-order valence-electron chi connectivity index (χ3n) is 4.00. The number of hydrogen-bond acceptors (Lipinski definition) is 5. The largest absolute Gasteiger partial charge is 0.445 e. The van der Waals surface area contributed by atoms with E-state index in [2.05, 4.69) is 5.32 Å². The molecule has 1 atom stereocenters. The number of hydrogen-bond donors (Lipinski definition) is 1. The summed E-state index contributed by atoms with van der Waals surface area (Å²) in [6.45, 7) is 1.35. The minimum absolute atomic E-state index is 0.0363. The molecule has 2 amide bonds. The van der Waals surface area contributed by atoms with Crippen molar-refractivity contribution in [3.8, 4) is 0 Å². The average molecular weight is 368 g/mol. The number of carbonyl (C=O) groups is 2. The Morgan fingerprint density at radius 3 is 2.44 bits per heavy atom. The summed E-state index contributed by atoms with van der Waals surface area (Å²) in [7, 11) is -3.23. The first-order valence-corrected chi connectivity index (χ1v) is 10.3. The number of ether oxygens (including phenoxy) is 1. The predicted molar refractivity (Wildman–Crippen MR) is 93.7 cm³/mol. The van der Waals surface area contributed by atoms with Gasteiger partial charge in [-0.25, -0.2) is 13.2 Å². The van der Waals surface area contributed by atoms with E-state index in [1.807, 2.05) is 30.3 Å². The summed E-state index contributed by atoms with van der Waals surface area (Å²) < 4.78 is 27.9. The van der Waals surface area contributed by atoms with Crippen LogP contribution in [0, 0.1) is 0 Å². The van der Waals surface area contributed by atoms with Gasteiger partial charge in [-0.1, -0.05) is 30.3 Å². The van der Waals surface area contributed by atoms with Gasteiger partial charge in [0.2, 0.25) is 5.91 Å². The fourth-order valence-electron chi connectivity index (χ4n) is 2.65. The van der Waals surface area contributed by atoms with Crippen molar-refractivity contribution in [3.63, 3.8) is 0 Å². The van der Waals surface area contributed by atoms with Gasteiger partial charge in [-0.05, 0) is 24.8 Å². The van der Waals surface area contributed by atoms with Gasteiger partial charge in [0.1, 0.15) is 22.5 Å². The highest BCUT2D eigenvalue weighted by Gasteiger charge is 2.29. The normalized spacial score (nSPS) is 15.6. The van der Waals surface area contributed by atoms with Crippen molar-refractivity contribution >= 4 is 21.8 Å². The molecular weight excluding hydrogens is 344 g/mol. The quantitative estimate of drug-likeness (QED) is 0.784. The Morgan fingerprint density at radius 1 is 1.20 bits per heavy atom. The van der Waals surface area contributed by atoms with Crippen LogP contribution in [0.15, 0.2) is 30.3 Å². The SMILES string of the molecule is CS(=O)(=O)CC[C@H](NC(=O)OCc1ccccc1)C(=O)N1CCCC1. The Bertz CT molecular complexity index is 684. The number of likely N-dealkylation sites (tertiary alicyclic amines) is 1. The fraction of sp³-hybridized carbons (Fsp3) is 0.529. The maximum Gasteiger partial charge on any atom is 0.408 e. The maximum absolute atomic E-state index is 12.5. The fourth-order valence-corrected chi connectivity index (χ4v) is 3.32. The van der Waals surface area contributed by atoms with Gasteiger partial charge in [0, 0.05) is 19.3 Å². The molecule has 7 nitrogen and oxygen atoms in total. The Morgan fingerprint density at radius 2 is 1.84 bits per heavy atom. The van der Waals surface area contributed by atoms with Crippen LogP contribution < -0.4 is 5.32 Å². The highest BCUT2D eigenvalue weighted by Crippen LogP contribution is 2.11. The molecule has 0 aromatic heterocycles. The third kappa shape index (κ3) is 6.74. The van der Waals surface area contributed by atoms with Crippen LogP contribution in [-0.2, 0) is 26.0 Å². The number of amides is 2. The molecule has 0 spiro atoms. The Hall–Kier alpha value is -2.09. The summed E-state index contributed by atoms with van der Waals surface area (Å²) in [6.07, 6.45) is 2.26. The van der Waals surface area contributed by atoms with E-state index >= 15 is 0 Å². The van der Waals surface area contributed by atoms with Gasteiger partial charge in [0.05, 0.1) is 5.75 Å². The molecule has 8 heteroatoms. The lowest BCUT2D eigenvalue weighted by atomic mass is 10.2. The molecule has 2 rings (SSSR count). The first-order chi connectivity index (χ1) is 11.8. The molecule has 0 unspecified atom stereocenters. The highest BCUT2D eigenvalue weighted by molar-refractivity contribution is 7.90. The zero-order valence-electron chi connectivity index (χ0n) is 14.3. The first kappa shape index (κ1) is 19.2. The molecule has 1 aromatic rings. The van der Waals surface area contributed by atoms with Crippen LogP contribution in [0.1, 0.15) is 24.8 Å². The Balaban J connectivity index is 1.93. The average Bonchev–Trinajstić information content (AvgIpc) is 3.11. The third-order valence-corrected chi connectivity index (χ3v) is 4.98. The number of alkyl carbamates (subject to hydrolysis) is 1. The van der Waals surface area contributed by atoms with Crippen LogP contribution in [0.5, 0.6) is 0 Å².